The van der Waals surface area contributed by atoms with E-state index in [2.05, 4.69) is 15.6 Å². The van der Waals surface area contributed by atoms with Gasteiger partial charge in [-0.1, -0.05) is 42.5 Å². The number of aryl methyl sites for hydroxylation is 1. The average molecular weight is 564 g/mol. The number of guanidine groups is 1. The summed E-state index contributed by atoms with van der Waals surface area (Å²) in [5.41, 5.74) is 2.72. The van der Waals surface area contributed by atoms with Crippen LogP contribution in [0.2, 0.25) is 0 Å². The number of rotatable bonds is 9. The molecular weight excluding hydrogens is 533 g/mol. The van der Waals surface area contributed by atoms with Gasteiger partial charge < -0.3 is 10.6 Å². The van der Waals surface area contributed by atoms with Crippen LogP contribution in [-0.4, -0.2) is 43.7 Å². The third-order valence-electron chi connectivity index (χ3n) is 4.20. The fraction of sp³-hybridized carbons (Fsp3) is 0.381. The van der Waals surface area contributed by atoms with Crippen molar-refractivity contribution in [2.24, 2.45) is 4.99 Å². The number of halogens is 1. The van der Waals surface area contributed by atoms with Crippen LogP contribution in [-0.2, 0) is 32.9 Å². The molecular formula is C21H30IN3O3S2. The highest BCUT2D eigenvalue weighted by Gasteiger charge is 2.10. The van der Waals surface area contributed by atoms with Gasteiger partial charge in [0.2, 0.25) is 0 Å². The zero-order chi connectivity index (χ0) is 21.3. The van der Waals surface area contributed by atoms with E-state index in [4.69, 9.17) is 0 Å². The topological polar surface area (TPSA) is 87.6 Å². The third-order valence-corrected chi connectivity index (χ3v) is 6.77. The molecule has 0 bridgehead atoms. The van der Waals surface area contributed by atoms with Gasteiger partial charge in [-0.2, -0.15) is 0 Å². The first-order valence-electron chi connectivity index (χ1n) is 9.50. The zero-order valence-corrected chi connectivity index (χ0v) is 21.5. The van der Waals surface area contributed by atoms with Crippen LogP contribution in [0.25, 0.3) is 0 Å². The number of hydrogen-bond donors (Lipinski definition) is 2. The Morgan fingerprint density at radius 1 is 1.07 bits per heavy atom. The van der Waals surface area contributed by atoms with Crippen molar-refractivity contribution >= 4 is 50.6 Å². The Bertz CT molecular complexity index is 965. The van der Waals surface area contributed by atoms with Crippen molar-refractivity contribution in [1.82, 2.24) is 10.6 Å². The van der Waals surface area contributed by atoms with Crippen LogP contribution in [0.1, 0.15) is 23.6 Å². The fourth-order valence-electron chi connectivity index (χ4n) is 2.85. The van der Waals surface area contributed by atoms with Crippen molar-refractivity contribution in [1.29, 1.82) is 0 Å². The minimum Gasteiger partial charge on any atom is -0.357 e. The number of hydrogen-bond acceptors (Lipinski definition) is 4. The van der Waals surface area contributed by atoms with Gasteiger partial charge in [0, 0.05) is 41.7 Å². The predicted octanol–water partition coefficient (Wildman–Crippen LogP) is 3.02. The molecule has 0 aromatic heterocycles. The van der Waals surface area contributed by atoms with Gasteiger partial charge in [0.15, 0.2) is 15.8 Å². The molecule has 0 aliphatic heterocycles. The summed E-state index contributed by atoms with van der Waals surface area (Å²) in [6.07, 6.45) is 1.21. The molecule has 0 spiro atoms. The van der Waals surface area contributed by atoms with E-state index >= 15 is 0 Å². The summed E-state index contributed by atoms with van der Waals surface area (Å²) in [6.45, 7) is 5.46. The van der Waals surface area contributed by atoms with Gasteiger partial charge in [-0.3, -0.25) is 4.21 Å². The van der Waals surface area contributed by atoms with Gasteiger partial charge in [0.25, 0.3) is 0 Å². The standard InChI is InChI=1S/C21H29N3O3S2.HI/c1-4-22-21(23-12-13-28(25)16-18-8-6-5-7-9-18)24-15-19-10-11-20(17(2)14-19)29(3,26)27;/h5-11,14H,4,12-13,15-16H2,1-3H3,(H2,22,23,24);1H. The molecule has 1 atom stereocenters. The smallest absolute Gasteiger partial charge is 0.191 e. The maximum absolute atomic E-state index is 12.2. The van der Waals surface area contributed by atoms with Gasteiger partial charge in [-0.25, -0.2) is 13.4 Å². The molecule has 0 saturated carbocycles. The second-order valence-electron chi connectivity index (χ2n) is 6.77. The quantitative estimate of drug-likeness (QED) is 0.278. The van der Waals surface area contributed by atoms with Crippen molar-refractivity contribution in [2.45, 2.75) is 31.0 Å². The lowest BCUT2D eigenvalue weighted by Gasteiger charge is -2.12. The number of nitrogens with one attached hydrogen (secondary N) is 2. The van der Waals surface area contributed by atoms with Gasteiger partial charge >= 0.3 is 0 Å². The molecule has 2 rings (SSSR count). The molecule has 30 heavy (non-hydrogen) atoms. The summed E-state index contributed by atoms with van der Waals surface area (Å²) in [5, 5.41) is 6.38. The van der Waals surface area contributed by atoms with Crippen LogP contribution < -0.4 is 10.6 Å². The van der Waals surface area contributed by atoms with Crippen molar-refractivity contribution in [2.75, 3.05) is 25.1 Å². The highest BCUT2D eigenvalue weighted by atomic mass is 127. The van der Waals surface area contributed by atoms with E-state index in [0.29, 0.717) is 42.0 Å². The van der Waals surface area contributed by atoms with Crippen molar-refractivity contribution in [3.05, 3.63) is 65.2 Å². The van der Waals surface area contributed by atoms with E-state index in [1.165, 1.54) is 6.26 Å². The molecule has 2 N–H and O–H groups in total. The molecule has 2 aromatic carbocycles. The Hall–Kier alpha value is -1.46. The minimum atomic E-state index is -3.22. The van der Waals surface area contributed by atoms with Crippen molar-refractivity contribution in [3.63, 3.8) is 0 Å². The second-order valence-corrected chi connectivity index (χ2v) is 10.3. The number of nitrogens with zero attached hydrogens (tertiary/aromatic N) is 1. The Balaban J connectivity index is 0.00000450. The molecule has 166 valence electrons. The lowest BCUT2D eigenvalue weighted by molar-refractivity contribution is 0.601. The SMILES string of the molecule is CCNC(=NCc1ccc(S(C)(=O)=O)c(C)c1)NCCS(=O)Cc1ccccc1.I. The van der Waals surface area contributed by atoms with Crippen LogP contribution in [0.5, 0.6) is 0 Å². The molecule has 9 heteroatoms. The molecule has 0 fully saturated rings. The van der Waals surface area contributed by atoms with E-state index in [1.807, 2.05) is 43.3 Å². The molecule has 1 unspecified atom stereocenters. The van der Waals surface area contributed by atoms with E-state index in [1.54, 1.807) is 19.1 Å². The van der Waals surface area contributed by atoms with Gasteiger partial charge in [-0.15, -0.1) is 24.0 Å². The van der Waals surface area contributed by atoms with Crippen LogP contribution >= 0.6 is 24.0 Å². The van der Waals surface area contributed by atoms with E-state index in [9.17, 15) is 12.6 Å². The lowest BCUT2D eigenvalue weighted by Crippen LogP contribution is -2.39. The van der Waals surface area contributed by atoms with Gasteiger partial charge in [0.05, 0.1) is 11.4 Å². The summed E-state index contributed by atoms with van der Waals surface area (Å²) < 4.78 is 35.7. The maximum atomic E-state index is 12.2. The van der Waals surface area contributed by atoms with E-state index < -0.39 is 20.6 Å². The molecule has 0 aliphatic rings. The first kappa shape index (κ1) is 26.6. The minimum absolute atomic E-state index is 0. The summed E-state index contributed by atoms with van der Waals surface area (Å²) >= 11 is 0. The maximum Gasteiger partial charge on any atom is 0.191 e. The zero-order valence-electron chi connectivity index (χ0n) is 17.6. The lowest BCUT2D eigenvalue weighted by atomic mass is 10.1. The first-order valence-corrected chi connectivity index (χ1v) is 12.9. The summed E-state index contributed by atoms with van der Waals surface area (Å²) in [4.78, 5) is 4.89. The summed E-state index contributed by atoms with van der Waals surface area (Å²) in [7, 11) is -4.17. The van der Waals surface area contributed by atoms with E-state index in [-0.39, 0.29) is 24.0 Å². The van der Waals surface area contributed by atoms with Gasteiger partial charge in [-0.05, 0) is 36.6 Å². The van der Waals surface area contributed by atoms with Crippen molar-refractivity contribution in [3.8, 4) is 0 Å². The Kier molecular flexibility index (Phi) is 11.6. The highest BCUT2D eigenvalue weighted by molar-refractivity contribution is 14.0. The number of aliphatic imine (C=N–C) groups is 1. The van der Waals surface area contributed by atoms with Crippen LogP contribution in [0.15, 0.2) is 58.4 Å². The Morgan fingerprint density at radius 2 is 1.77 bits per heavy atom. The predicted molar refractivity (Wildman–Crippen MR) is 136 cm³/mol. The van der Waals surface area contributed by atoms with Crippen molar-refractivity contribution < 1.29 is 12.6 Å². The molecule has 0 aliphatic carbocycles. The largest absolute Gasteiger partial charge is 0.357 e. The normalized spacial score (nSPS) is 12.7. The average Bonchev–Trinajstić information content (AvgIpc) is 2.66. The Morgan fingerprint density at radius 3 is 2.37 bits per heavy atom. The molecule has 0 amide bonds. The van der Waals surface area contributed by atoms with Crippen LogP contribution in [0.3, 0.4) is 0 Å². The summed E-state index contributed by atoms with van der Waals surface area (Å²) in [6, 6.07) is 15.1. The van der Waals surface area contributed by atoms with Crippen LogP contribution in [0, 0.1) is 6.92 Å². The van der Waals surface area contributed by atoms with Gasteiger partial charge in [0.1, 0.15) is 0 Å². The highest BCUT2D eigenvalue weighted by Crippen LogP contribution is 2.17. The van der Waals surface area contributed by atoms with Crippen LogP contribution in [0.4, 0.5) is 0 Å². The number of sulfone groups is 1. The second kappa shape index (κ2) is 13.1. The molecule has 0 heterocycles. The number of benzene rings is 2. The summed E-state index contributed by atoms with van der Waals surface area (Å²) in [5.74, 6) is 1.72. The molecule has 6 nitrogen and oxygen atoms in total. The fourth-order valence-corrected chi connectivity index (χ4v) is 4.85. The first-order chi connectivity index (χ1) is 13.8. The molecule has 0 radical (unpaired) electrons. The third kappa shape index (κ3) is 9.13. The monoisotopic (exact) mass is 563 g/mol. The molecule has 2 aromatic rings. The van der Waals surface area contributed by atoms with E-state index in [0.717, 1.165) is 16.7 Å². The molecule has 0 saturated heterocycles. The Labute approximate surface area is 199 Å².